The number of fused-ring (bicyclic) bond motifs is 6. The van der Waals surface area contributed by atoms with Gasteiger partial charge in [-0.05, 0) is 58.4 Å². The van der Waals surface area contributed by atoms with Crippen molar-refractivity contribution >= 4 is 0 Å². The van der Waals surface area contributed by atoms with Crippen molar-refractivity contribution in [1.29, 1.82) is 0 Å². The van der Waals surface area contributed by atoms with Gasteiger partial charge in [-0.25, -0.2) is 9.13 Å². The maximum Gasteiger partial charge on any atom is 0.173 e. The van der Waals surface area contributed by atoms with E-state index in [-0.39, 0.29) is 10.8 Å². The van der Waals surface area contributed by atoms with Gasteiger partial charge >= 0.3 is 0 Å². The van der Waals surface area contributed by atoms with Gasteiger partial charge in [0.1, 0.15) is 13.1 Å². The fourth-order valence-corrected chi connectivity index (χ4v) is 7.16. The first-order valence-corrected chi connectivity index (χ1v) is 17.3. The molecule has 4 heteroatoms. The lowest BCUT2D eigenvalue weighted by molar-refractivity contribution is -0.698. The second-order valence-electron chi connectivity index (χ2n) is 13.9. The first kappa shape index (κ1) is 32.0. The molecule has 4 nitrogen and oxygen atoms in total. The van der Waals surface area contributed by atoms with Crippen LogP contribution in [-0.4, -0.2) is 9.97 Å². The summed E-state index contributed by atoms with van der Waals surface area (Å²) in [5.41, 5.74) is 11.2. The van der Waals surface area contributed by atoms with Gasteiger partial charge in [-0.15, -0.1) is 0 Å². The van der Waals surface area contributed by atoms with Gasteiger partial charge in [-0.1, -0.05) is 80.1 Å². The quantitative estimate of drug-likeness (QED) is 0.122. The average molecular weight is 591 g/mol. The Morgan fingerprint density at radius 2 is 0.886 bits per heavy atom. The number of pyridine rings is 4. The SMILES string of the molecule is CC1(C)c2cnccc2-c2ccncc21.CCCCCCC[n+]1ccc2c(c1)C(C)(C)c1c[n+](CCCCCCC)ccc1-2. The molecule has 232 valence electrons. The lowest BCUT2D eigenvalue weighted by Crippen LogP contribution is -2.36. The number of aromatic nitrogens is 4. The first-order valence-electron chi connectivity index (χ1n) is 17.3. The van der Waals surface area contributed by atoms with E-state index in [4.69, 9.17) is 0 Å². The molecular weight excluding hydrogens is 536 g/mol. The van der Waals surface area contributed by atoms with Crippen LogP contribution in [0, 0.1) is 0 Å². The Morgan fingerprint density at radius 1 is 0.500 bits per heavy atom. The second kappa shape index (κ2) is 14.1. The number of nitrogens with zero attached hydrogens (tertiary/aromatic N) is 4. The standard InChI is InChI=1S/C27H42N2.C13H12N2/c1-5-7-9-11-13-17-28-19-15-23-24-16-20-29(18-14-12-10-8-6-2)22-26(24)27(3,4)25(23)21-28;1-13(2)11-7-14-5-3-9(11)10-4-6-15-8-12(10)13/h15-16,19-22H,5-14,17-18H2,1-4H3;3-8H,1-2H3/q+2;. The van der Waals surface area contributed by atoms with E-state index in [1.807, 2.05) is 24.8 Å². The maximum absolute atomic E-state index is 4.21. The van der Waals surface area contributed by atoms with Crippen LogP contribution in [0.25, 0.3) is 22.3 Å². The molecule has 44 heavy (non-hydrogen) atoms. The molecule has 0 aliphatic heterocycles. The molecule has 0 saturated heterocycles. The Labute approximate surface area is 266 Å². The Balaban J connectivity index is 0.000000212. The van der Waals surface area contributed by atoms with Crippen molar-refractivity contribution in [2.75, 3.05) is 0 Å². The minimum Gasteiger partial charge on any atom is -0.264 e. The van der Waals surface area contributed by atoms with Crippen LogP contribution in [-0.2, 0) is 23.9 Å². The molecule has 0 amide bonds. The zero-order valence-corrected chi connectivity index (χ0v) is 28.2. The normalized spacial score (nSPS) is 14.7. The molecule has 0 unspecified atom stereocenters. The van der Waals surface area contributed by atoms with Gasteiger partial charge in [0.2, 0.25) is 0 Å². The minimum absolute atomic E-state index is 0.0349. The number of aryl methyl sites for hydroxylation is 2. The Bertz CT molecular complexity index is 1440. The van der Waals surface area contributed by atoms with Crippen molar-refractivity contribution < 1.29 is 9.13 Å². The summed E-state index contributed by atoms with van der Waals surface area (Å²) in [6.07, 6.45) is 30.4. The van der Waals surface area contributed by atoms with Gasteiger partial charge < -0.3 is 0 Å². The third-order valence-electron chi connectivity index (χ3n) is 9.99. The zero-order valence-electron chi connectivity index (χ0n) is 28.2. The molecule has 4 aromatic heterocycles. The van der Waals surface area contributed by atoms with E-state index in [2.05, 4.69) is 110 Å². The highest BCUT2D eigenvalue weighted by molar-refractivity contribution is 5.80. The molecule has 0 radical (unpaired) electrons. The Hall–Kier alpha value is -3.40. The van der Waals surface area contributed by atoms with Crippen LogP contribution in [0.2, 0.25) is 0 Å². The summed E-state index contributed by atoms with van der Waals surface area (Å²) in [5.74, 6) is 0. The molecule has 0 bridgehead atoms. The van der Waals surface area contributed by atoms with Crippen molar-refractivity contribution in [3.8, 4) is 22.3 Å². The zero-order chi connectivity index (χ0) is 31.2. The maximum atomic E-state index is 4.21. The summed E-state index contributed by atoms with van der Waals surface area (Å²) in [7, 11) is 0. The highest BCUT2D eigenvalue weighted by atomic mass is 14.9. The van der Waals surface area contributed by atoms with Crippen molar-refractivity contribution in [2.24, 2.45) is 0 Å². The predicted octanol–water partition coefficient (Wildman–Crippen LogP) is 9.29. The molecule has 0 fully saturated rings. The molecule has 4 heterocycles. The Morgan fingerprint density at radius 3 is 1.32 bits per heavy atom. The predicted molar refractivity (Wildman–Crippen MR) is 182 cm³/mol. The van der Waals surface area contributed by atoms with E-state index < -0.39 is 0 Å². The summed E-state index contributed by atoms with van der Waals surface area (Å²) in [5, 5.41) is 0. The molecular formula is C40H54N4+2. The smallest absolute Gasteiger partial charge is 0.173 e. The van der Waals surface area contributed by atoms with Crippen molar-refractivity contribution in [2.45, 2.75) is 130 Å². The molecule has 0 aromatic carbocycles. The van der Waals surface area contributed by atoms with Gasteiger partial charge in [-0.3, -0.25) is 9.97 Å². The lowest BCUT2D eigenvalue weighted by atomic mass is 9.84. The van der Waals surface area contributed by atoms with Crippen LogP contribution in [0.3, 0.4) is 0 Å². The van der Waals surface area contributed by atoms with Crippen LogP contribution in [0.1, 0.15) is 128 Å². The van der Waals surface area contributed by atoms with E-state index >= 15 is 0 Å². The number of unbranched alkanes of at least 4 members (excludes halogenated alkanes) is 8. The minimum atomic E-state index is 0.0349. The Kier molecular flexibility index (Phi) is 10.3. The molecule has 4 aromatic rings. The molecule has 0 atom stereocenters. The van der Waals surface area contributed by atoms with Gasteiger partial charge in [0.05, 0.1) is 0 Å². The summed E-state index contributed by atoms with van der Waals surface area (Å²) in [6.45, 7) is 16.1. The van der Waals surface area contributed by atoms with E-state index in [1.54, 1.807) is 0 Å². The first-order chi connectivity index (χ1) is 21.3. The average Bonchev–Trinajstić information content (AvgIpc) is 3.41. The highest BCUT2D eigenvalue weighted by Gasteiger charge is 2.40. The van der Waals surface area contributed by atoms with Crippen molar-refractivity contribution in [3.05, 3.63) is 96.1 Å². The number of hydrogen-bond acceptors (Lipinski definition) is 2. The van der Waals surface area contributed by atoms with Crippen LogP contribution >= 0.6 is 0 Å². The van der Waals surface area contributed by atoms with E-state index in [1.165, 1.54) is 109 Å². The van der Waals surface area contributed by atoms with Crippen LogP contribution in [0.15, 0.2) is 73.8 Å². The monoisotopic (exact) mass is 590 g/mol. The van der Waals surface area contributed by atoms with Gasteiger partial charge in [0, 0.05) is 71.7 Å². The molecule has 2 aliphatic carbocycles. The third kappa shape index (κ3) is 6.65. The second-order valence-corrected chi connectivity index (χ2v) is 13.9. The summed E-state index contributed by atoms with van der Waals surface area (Å²) < 4.78 is 4.83. The lowest BCUT2D eigenvalue weighted by Gasteiger charge is -2.19. The molecule has 0 saturated carbocycles. The summed E-state index contributed by atoms with van der Waals surface area (Å²) in [4.78, 5) is 8.43. The fourth-order valence-electron chi connectivity index (χ4n) is 7.16. The van der Waals surface area contributed by atoms with E-state index in [0.29, 0.717) is 0 Å². The van der Waals surface area contributed by atoms with Gasteiger partial charge in [-0.2, -0.15) is 0 Å². The molecule has 2 aliphatic rings. The molecule has 0 spiro atoms. The van der Waals surface area contributed by atoms with E-state index in [9.17, 15) is 0 Å². The molecule has 0 N–H and O–H groups in total. The fraction of sp³-hybridized carbons (Fsp3) is 0.500. The van der Waals surface area contributed by atoms with Crippen molar-refractivity contribution in [3.63, 3.8) is 0 Å². The van der Waals surface area contributed by atoms with Gasteiger partial charge in [0.25, 0.3) is 0 Å². The summed E-state index contributed by atoms with van der Waals surface area (Å²) >= 11 is 0. The largest absolute Gasteiger partial charge is 0.264 e. The topological polar surface area (TPSA) is 33.5 Å². The van der Waals surface area contributed by atoms with Crippen LogP contribution < -0.4 is 9.13 Å². The third-order valence-corrected chi connectivity index (χ3v) is 9.99. The van der Waals surface area contributed by atoms with E-state index in [0.717, 1.165) is 13.1 Å². The summed E-state index contributed by atoms with van der Waals surface area (Å²) in [6, 6.07) is 8.87. The van der Waals surface area contributed by atoms with Gasteiger partial charge in [0.15, 0.2) is 24.8 Å². The number of hydrogen-bond donors (Lipinski definition) is 0. The van der Waals surface area contributed by atoms with Crippen LogP contribution in [0.5, 0.6) is 0 Å². The van der Waals surface area contributed by atoms with Crippen LogP contribution in [0.4, 0.5) is 0 Å². The molecule has 6 rings (SSSR count). The number of rotatable bonds is 12. The highest BCUT2D eigenvalue weighted by Crippen LogP contribution is 2.48. The van der Waals surface area contributed by atoms with Crippen molar-refractivity contribution in [1.82, 2.24) is 9.97 Å².